The molecule has 225 valence electrons. The summed E-state index contributed by atoms with van der Waals surface area (Å²) >= 11 is 0. The summed E-state index contributed by atoms with van der Waals surface area (Å²) in [6, 6.07) is 10.4. The van der Waals surface area contributed by atoms with Crippen LogP contribution in [0.3, 0.4) is 0 Å². The molecule has 6 rings (SSSR count). The van der Waals surface area contributed by atoms with Crippen molar-refractivity contribution in [3.63, 3.8) is 0 Å². The normalized spacial score (nSPS) is 26.5. The van der Waals surface area contributed by atoms with E-state index in [2.05, 4.69) is 62.5 Å². The highest BCUT2D eigenvalue weighted by Gasteiger charge is 2.47. The van der Waals surface area contributed by atoms with Crippen molar-refractivity contribution in [1.29, 1.82) is 0 Å². The van der Waals surface area contributed by atoms with E-state index in [9.17, 15) is 0 Å². The van der Waals surface area contributed by atoms with Crippen LogP contribution in [-0.4, -0.2) is 41.6 Å². The lowest BCUT2D eigenvalue weighted by Crippen LogP contribution is -2.35. The first-order valence-electron chi connectivity index (χ1n) is 17.8. The van der Waals surface area contributed by atoms with Gasteiger partial charge in [0.2, 0.25) is 0 Å². The van der Waals surface area contributed by atoms with E-state index in [4.69, 9.17) is 0 Å². The van der Waals surface area contributed by atoms with E-state index in [1.807, 2.05) is 5.66 Å². The average Bonchev–Trinajstić information content (AvgIpc) is 3.49. The third-order valence-corrected chi connectivity index (χ3v) is 18.4. The van der Waals surface area contributed by atoms with Crippen molar-refractivity contribution < 1.29 is 0 Å². The molecule has 5 radical (unpaired) electrons. The Morgan fingerprint density at radius 3 is 1.46 bits per heavy atom. The van der Waals surface area contributed by atoms with Crippen molar-refractivity contribution >= 4 is 21.1 Å². The predicted molar refractivity (Wildman–Crippen MR) is 183 cm³/mol. The molecule has 0 saturated heterocycles. The number of rotatable bonds is 9. The second-order valence-corrected chi connectivity index (χ2v) is 19.8. The van der Waals surface area contributed by atoms with Crippen LogP contribution in [0.25, 0.3) is 0 Å². The molecule has 1 nitrogen and oxygen atoms in total. The summed E-state index contributed by atoms with van der Waals surface area (Å²) in [5.74, 6) is 1.69. The Morgan fingerprint density at radius 1 is 0.561 bits per heavy atom. The Morgan fingerprint density at radius 2 is 1.00 bits per heavy atom. The monoisotopic (exact) mass is 590 g/mol. The standard InChI is InChI=1S/C38H58NP2/c1-39(2)38(35-27-17-29-37(35)41(32-22-11-5-12-23-32)33-24-13-6-14-25-33)34-26-15-16-28-36(34)40(30-18-7-3-8-19-30)31-20-9-4-10-21-31/h15-17,26-33,38H,3-14,18-25H2,1-2H3/t38-/m0/s1. The summed E-state index contributed by atoms with van der Waals surface area (Å²) in [4.78, 5) is 2.60. The lowest BCUT2D eigenvalue weighted by molar-refractivity contribution is 0.320. The smallest absolute Gasteiger partial charge is 0.0423 e. The van der Waals surface area contributed by atoms with Gasteiger partial charge in [0.25, 0.3) is 0 Å². The molecule has 5 fully saturated rings. The third-order valence-electron chi connectivity index (χ3n) is 11.3. The second-order valence-electron chi connectivity index (χ2n) is 14.3. The maximum Gasteiger partial charge on any atom is 0.0423 e. The van der Waals surface area contributed by atoms with Gasteiger partial charge in [0.05, 0.1) is 0 Å². The van der Waals surface area contributed by atoms with Crippen LogP contribution < -0.4 is 5.30 Å². The summed E-state index contributed by atoms with van der Waals surface area (Å²) in [5.41, 5.74) is 7.31. The van der Waals surface area contributed by atoms with E-state index in [-0.39, 0.29) is 15.8 Å². The Balaban J connectivity index is 1.35. The molecule has 1 aromatic carbocycles. The van der Waals surface area contributed by atoms with E-state index in [1.165, 1.54) is 128 Å². The van der Waals surface area contributed by atoms with Crippen LogP contribution in [-0.2, 0) is 0 Å². The molecule has 41 heavy (non-hydrogen) atoms. The fraction of sp³-hybridized carbons (Fsp3) is 0.711. The van der Waals surface area contributed by atoms with Gasteiger partial charge in [-0.15, -0.1) is 0 Å². The van der Waals surface area contributed by atoms with Crippen molar-refractivity contribution in [2.24, 2.45) is 0 Å². The molecule has 5 aliphatic carbocycles. The van der Waals surface area contributed by atoms with Crippen molar-refractivity contribution in [3.05, 3.63) is 60.7 Å². The quantitative estimate of drug-likeness (QED) is 0.259. The van der Waals surface area contributed by atoms with E-state index in [1.54, 1.807) is 16.8 Å². The molecule has 5 saturated carbocycles. The molecular formula is C38H58NP2. The van der Waals surface area contributed by atoms with Gasteiger partial charge in [-0.05, 0) is 118 Å². The molecule has 0 aromatic heterocycles. The zero-order valence-electron chi connectivity index (χ0n) is 26.4. The summed E-state index contributed by atoms with van der Waals surface area (Å²) < 4.78 is 0. The summed E-state index contributed by atoms with van der Waals surface area (Å²) in [6.45, 7) is 0. The zero-order chi connectivity index (χ0) is 28.0. The highest BCUT2D eigenvalue weighted by atomic mass is 31.1. The van der Waals surface area contributed by atoms with Crippen molar-refractivity contribution in [2.75, 3.05) is 14.1 Å². The Bertz CT molecular complexity index is 871. The van der Waals surface area contributed by atoms with Gasteiger partial charge in [-0.1, -0.05) is 117 Å². The molecule has 0 heterocycles. The first kappa shape index (κ1) is 31.0. The molecule has 0 aliphatic heterocycles. The highest BCUT2D eigenvalue weighted by molar-refractivity contribution is 7.67. The van der Waals surface area contributed by atoms with Gasteiger partial charge >= 0.3 is 0 Å². The van der Waals surface area contributed by atoms with Gasteiger partial charge in [-0.3, -0.25) is 0 Å². The fourth-order valence-corrected chi connectivity index (χ4v) is 17.3. The van der Waals surface area contributed by atoms with Crippen LogP contribution in [0.5, 0.6) is 0 Å². The van der Waals surface area contributed by atoms with E-state index in [0.29, 0.717) is 6.04 Å². The topological polar surface area (TPSA) is 3.24 Å². The molecule has 0 unspecified atom stereocenters. The third kappa shape index (κ3) is 7.31. The molecule has 0 N–H and O–H groups in total. The van der Waals surface area contributed by atoms with Gasteiger partial charge in [-0.2, -0.15) is 0 Å². The van der Waals surface area contributed by atoms with Crippen LogP contribution in [0.2, 0.25) is 0 Å². The van der Waals surface area contributed by atoms with E-state index >= 15 is 0 Å². The SMILES string of the molecule is CN(C)[C@H]([C]1[CH][CH][CH][C]1P(C1CCCCC1)C1CCCCC1)c1ccccc1P(C1CCCCC1)C1CCCCC1. The van der Waals surface area contributed by atoms with Crippen molar-refractivity contribution in [2.45, 2.75) is 157 Å². The minimum Gasteiger partial charge on any atom is -0.302 e. The van der Waals surface area contributed by atoms with Crippen LogP contribution in [0.15, 0.2) is 24.3 Å². The second kappa shape index (κ2) is 15.4. The number of hydrogen-bond donors (Lipinski definition) is 0. The van der Waals surface area contributed by atoms with Gasteiger partial charge in [0.15, 0.2) is 0 Å². The van der Waals surface area contributed by atoms with Crippen LogP contribution in [0.4, 0.5) is 0 Å². The molecule has 0 spiro atoms. The van der Waals surface area contributed by atoms with Gasteiger partial charge < -0.3 is 4.90 Å². The van der Waals surface area contributed by atoms with Crippen molar-refractivity contribution in [3.8, 4) is 0 Å². The summed E-state index contributed by atoms with van der Waals surface area (Å²) in [5, 5.41) is 1.80. The minimum absolute atomic E-state index is 0.0941. The molecule has 1 atom stereocenters. The van der Waals surface area contributed by atoms with Gasteiger partial charge in [-0.25, -0.2) is 0 Å². The van der Waals surface area contributed by atoms with E-state index < -0.39 is 0 Å². The predicted octanol–water partition coefficient (Wildman–Crippen LogP) is 10.9. The van der Waals surface area contributed by atoms with Crippen LogP contribution in [0, 0.1) is 30.8 Å². The zero-order valence-corrected chi connectivity index (χ0v) is 28.2. The van der Waals surface area contributed by atoms with Gasteiger partial charge in [0, 0.05) is 17.6 Å². The lowest BCUT2D eigenvalue weighted by Gasteiger charge is -2.46. The number of nitrogens with zero attached hydrogens (tertiary/aromatic N) is 1. The van der Waals surface area contributed by atoms with Crippen LogP contribution >= 0.6 is 15.8 Å². The number of benzene rings is 1. The molecule has 5 aliphatic rings. The minimum atomic E-state index is -0.117. The summed E-state index contributed by atoms with van der Waals surface area (Å²) in [7, 11) is 4.55. The molecule has 3 heteroatoms. The average molecular weight is 591 g/mol. The largest absolute Gasteiger partial charge is 0.302 e. The molecular weight excluding hydrogens is 532 g/mol. The molecule has 0 bridgehead atoms. The maximum absolute atomic E-state index is 2.62. The van der Waals surface area contributed by atoms with E-state index in [0.717, 1.165) is 22.6 Å². The Kier molecular flexibility index (Phi) is 11.6. The Hall–Kier alpha value is 0.0400. The molecule has 0 amide bonds. The van der Waals surface area contributed by atoms with Crippen molar-refractivity contribution in [1.82, 2.24) is 4.90 Å². The summed E-state index contributed by atoms with van der Waals surface area (Å²) in [6.07, 6.45) is 37.2. The number of hydrogen-bond acceptors (Lipinski definition) is 1. The first-order chi connectivity index (χ1) is 20.2. The fourth-order valence-electron chi connectivity index (χ4n) is 9.39. The molecule has 1 aromatic rings. The lowest BCUT2D eigenvalue weighted by atomic mass is 9.90. The highest BCUT2D eigenvalue weighted by Crippen LogP contribution is 2.69. The van der Waals surface area contributed by atoms with Gasteiger partial charge in [0.1, 0.15) is 0 Å². The first-order valence-corrected chi connectivity index (χ1v) is 20.8. The maximum atomic E-state index is 2.62. The van der Waals surface area contributed by atoms with Crippen LogP contribution in [0.1, 0.15) is 140 Å². The Labute approximate surface area is 257 Å².